The molecule has 0 aliphatic rings. The van der Waals surface area contributed by atoms with Gasteiger partial charge in [-0.05, 0) is 24.6 Å². The van der Waals surface area contributed by atoms with Crippen LogP contribution in [-0.4, -0.2) is 12.5 Å². The molecule has 1 amide bonds. The Morgan fingerprint density at radius 1 is 1.15 bits per heavy atom. The second-order valence-corrected chi connectivity index (χ2v) is 4.84. The van der Waals surface area contributed by atoms with Gasteiger partial charge in [-0.15, -0.1) is 0 Å². The standard InChI is InChI=1S/C16H17FN2O/c1-16(11-18,12-7-3-2-4-8-12)19-15(20)13-9-5-6-10-14(13)17/h2-10H,11,18H2,1H3,(H,19,20). The first-order valence-corrected chi connectivity index (χ1v) is 6.39. The van der Waals surface area contributed by atoms with Crippen molar-refractivity contribution >= 4 is 5.91 Å². The van der Waals surface area contributed by atoms with E-state index in [1.165, 1.54) is 12.1 Å². The molecule has 4 heteroatoms. The van der Waals surface area contributed by atoms with Gasteiger partial charge < -0.3 is 11.1 Å². The summed E-state index contributed by atoms with van der Waals surface area (Å²) in [5.41, 5.74) is 5.96. The molecule has 2 rings (SSSR count). The molecule has 3 N–H and O–H groups in total. The molecule has 20 heavy (non-hydrogen) atoms. The van der Waals surface area contributed by atoms with Gasteiger partial charge in [0, 0.05) is 6.54 Å². The minimum Gasteiger partial charge on any atom is -0.341 e. The average molecular weight is 272 g/mol. The minimum absolute atomic E-state index is 0.0168. The van der Waals surface area contributed by atoms with Gasteiger partial charge in [-0.3, -0.25) is 4.79 Å². The summed E-state index contributed by atoms with van der Waals surface area (Å²) in [6.45, 7) is 2.04. The number of carbonyl (C=O) groups excluding carboxylic acids is 1. The predicted molar refractivity (Wildman–Crippen MR) is 76.7 cm³/mol. The minimum atomic E-state index is -0.735. The summed E-state index contributed by atoms with van der Waals surface area (Å²) in [7, 11) is 0. The normalized spacial score (nSPS) is 13.6. The Hall–Kier alpha value is -2.20. The lowest BCUT2D eigenvalue weighted by Crippen LogP contribution is -2.49. The van der Waals surface area contributed by atoms with Crippen molar-refractivity contribution in [1.29, 1.82) is 0 Å². The van der Waals surface area contributed by atoms with Gasteiger partial charge in [0.2, 0.25) is 0 Å². The first-order chi connectivity index (χ1) is 9.57. The number of nitrogens with two attached hydrogens (primary N) is 1. The first kappa shape index (κ1) is 14.2. The highest BCUT2D eigenvalue weighted by molar-refractivity contribution is 5.95. The van der Waals surface area contributed by atoms with Gasteiger partial charge in [0.05, 0.1) is 11.1 Å². The van der Waals surface area contributed by atoms with E-state index < -0.39 is 17.3 Å². The molecule has 0 aliphatic carbocycles. The number of hydrogen-bond acceptors (Lipinski definition) is 2. The Bertz CT molecular complexity index is 600. The number of amides is 1. The summed E-state index contributed by atoms with van der Waals surface area (Å²) in [4.78, 5) is 12.2. The maximum absolute atomic E-state index is 13.6. The van der Waals surface area contributed by atoms with Crippen LogP contribution in [-0.2, 0) is 5.54 Å². The molecule has 0 aromatic heterocycles. The Balaban J connectivity index is 2.27. The van der Waals surface area contributed by atoms with Crippen molar-refractivity contribution in [3.63, 3.8) is 0 Å². The first-order valence-electron chi connectivity index (χ1n) is 6.39. The molecule has 104 valence electrons. The molecule has 0 saturated heterocycles. The van der Waals surface area contributed by atoms with Crippen LogP contribution in [0.4, 0.5) is 4.39 Å². The predicted octanol–water partition coefficient (Wildman–Crippen LogP) is 2.43. The third-order valence-electron chi connectivity index (χ3n) is 3.33. The van der Waals surface area contributed by atoms with Crippen LogP contribution >= 0.6 is 0 Å². The highest BCUT2D eigenvalue weighted by atomic mass is 19.1. The molecule has 0 aliphatic heterocycles. The maximum atomic E-state index is 13.6. The highest BCUT2D eigenvalue weighted by Crippen LogP contribution is 2.20. The van der Waals surface area contributed by atoms with Gasteiger partial charge in [0.25, 0.3) is 5.91 Å². The fourth-order valence-corrected chi connectivity index (χ4v) is 2.01. The molecule has 1 unspecified atom stereocenters. The van der Waals surface area contributed by atoms with Crippen molar-refractivity contribution in [3.05, 3.63) is 71.5 Å². The van der Waals surface area contributed by atoms with Crippen LogP contribution in [0, 0.1) is 5.82 Å². The van der Waals surface area contributed by atoms with Gasteiger partial charge in [0.15, 0.2) is 0 Å². The molecule has 0 bridgehead atoms. The Kier molecular flexibility index (Phi) is 4.15. The second kappa shape index (κ2) is 5.84. The van der Waals surface area contributed by atoms with E-state index in [-0.39, 0.29) is 12.1 Å². The van der Waals surface area contributed by atoms with Gasteiger partial charge in [-0.2, -0.15) is 0 Å². The lowest BCUT2D eigenvalue weighted by Gasteiger charge is -2.30. The third kappa shape index (κ3) is 2.86. The van der Waals surface area contributed by atoms with E-state index in [1.807, 2.05) is 37.3 Å². The van der Waals surface area contributed by atoms with E-state index in [4.69, 9.17) is 5.73 Å². The van der Waals surface area contributed by atoms with Crippen molar-refractivity contribution < 1.29 is 9.18 Å². The summed E-state index contributed by atoms with van der Waals surface area (Å²) in [5.74, 6) is -1.02. The van der Waals surface area contributed by atoms with E-state index in [9.17, 15) is 9.18 Å². The van der Waals surface area contributed by atoms with Crippen molar-refractivity contribution in [2.24, 2.45) is 5.73 Å². The Morgan fingerprint density at radius 3 is 2.35 bits per heavy atom. The molecule has 0 radical (unpaired) electrons. The molecule has 0 heterocycles. The summed E-state index contributed by atoms with van der Waals surface area (Å²) in [5, 5.41) is 2.81. The Morgan fingerprint density at radius 2 is 1.75 bits per heavy atom. The SMILES string of the molecule is CC(CN)(NC(=O)c1ccccc1F)c1ccccc1. The maximum Gasteiger partial charge on any atom is 0.254 e. The fourth-order valence-electron chi connectivity index (χ4n) is 2.01. The topological polar surface area (TPSA) is 55.1 Å². The van der Waals surface area contributed by atoms with Gasteiger partial charge in [-0.25, -0.2) is 4.39 Å². The largest absolute Gasteiger partial charge is 0.341 e. The zero-order chi connectivity index (χ0) is 14.6. The van der Waals surface area contributed by atoms with Gasteiger partial charge in [-0.1, -0.05) is 42.5 Å². The lowest BCUT2D eigenvalue weighted by molar-refractivity contribution is 0.0903. The van der Waals surface area contributed by atoms with Crippen LogP contribution in [0.15, 0.2) is 54.6 Å². The third-order valence-corrected chi connectivity index (χ3v) is 3.33. The number of carbonyl (C=O) groups is 1. The van der Waals surface area contributed by atoms with Crippen molar-refractivity contribution in [2.75, 3.05) is 6.54 Å². The summed E-state index contributed by atoms with van der Waals surface area (Å²) in [6.07, 6.45) is 0. The van der Waals surface area contributed by atoms with Gasteiger partial charge in [0.1, 0.15) is 5.82 Å². The average Bonchev–Trinajstić information content (AvgIpc) is 2.48. The van der Waals surface area contributed by atoms with Crippen molar-refractivity contribution in [1.82, 2.24) is 5.32 Å². The molecule has 3 nitrogen and oxygen atoms in total. The van der Waals surface area contributed by atoms with Crippen LogP contribution in [0.2, 0.25) is 0 Å². The van der Waals surface area contributed by atoms with Crippen LogP contribution in [0.3, 0.4) is 0 Å². The lowest BCUT2D eigenvalue weighted by atomic mass is 9.91. The van der Waals surface area contributed by atoms with Crippen LogP contribution in [0.1, 0.15) is 22.8 Å². The molecular formula is C16H17FN2O. The molecular weight excluding hydrogens is 255 g/mol. The fraction of sp³-hybridized carbons (Fsp3) is 0.188. The zero-order valence-corrected chi connectivity index (χ0v) is 11.3. The van der Waals surface area contributed by atoms with E-state index in [2.05, 4.69) is 5.32 Å². The number of hydrogen-bond donors (Lipinski definition) is 2. The summed E-state index contributed by atoms with van der Waals surface area (Å²) >= 11 is 0. The molecule has 0 spiro atoms. The highest BCUT2D eigenvalue weighted by Gasteiger charge is 2.28. The quantitative estimate of drug-likeness (QED) is 0.898. The van der Waals surface area contributed by atoms with Gasteiger partial charge >= 0.3 is 0 Å². The van der Waals surface area contributed by atoms with Crippen LogP contribution < -0.4 is 11.1 Å². The van der Waals surface area contributed by atoms with Crippen molar-refractivity contribution in [3.8, 4) is 0 Å². The van der Waals surface area contributed by atoms with E-state index in [0.717, 1.165) is 5.56 Å². The van der Waals surface area contributed by atoms with Crippen LogP contribution in [0.5, 0.6) is 0 Å². The monoisotopic (exact) mass is 272 g/mol. The number of nitrogens with one attached hydrogen (secondary N) is 1. The number of halogens is 1. The van der Waals surface area contributed by atoms with Crippen LogP contribution in [0.25, 0.3) is 0 Å². The second-order valence-electron chi connectivity index (χ2n) is 4.84. The molecule has 2 aromatic rings. The number of rotatable bonds is 4. The molecule has 0 fully saturated rings. The van der Waals surface area contributed by atoms with E-state index in [0.29, 0.717) is 0 Å². The van der Waals surface area contributed by atoms with E-state index >= 15 is 0 Å². The Labute approximate surface area is 117 Å². The summed E-state index contributed by atoms with van der Waals surface area (Å²) in [6, 6.07) is 15.3. The van der Waals surface area contributed by atoms with E-state index in [1.54, 1.807) is 12.1 Å². The smallest absolute Gasteiger partial charge is 0.254 e. The number of benzene rings is 2. The molecule has 1 atom stereocenters. The van der Waals surface area contributed by atoms with Crippen molar-refractivity contribution in [2.45, 2.75) is 12.5 Å². The zero-order valence-electron chi connectivity index (χ0n) is 11.3. The molecule has 0 saturated carbocycles. The summed E-state index contributed by atoms with van der Waals surface area (Å²) < 4.78 is 13.6. The molecule has 2 aromatic carbocycles.